The van der Waals surface area contributed by atoms with Crippen LogP contribution in [0.5, 0.6) is 0 Å². The van der Waals surface area contributed by atoms with E-state index in [1.54, 1.807) is 0 Å². The van der Waals surface area contributed by atoms with Gasteiger partial charge in [0.2, 0.25) is 0 Å². The second-order valence-electron chi connectivity index (χ2n) is 8.42. The Labute approximate surface area is 178 Å². The van der Waals surface area contributed by atoms with Crippen LogP contribution in [0, 0.1) is 0 Å². The lowest BCUT2D eigenvalue weighted by Crippen LogP contribution is -2.52. The Balaban J connectivity index is 1.57. The van der Waals surface area contributed by atoms with Crippen molar-refractivity contribution in [3.8, 4) is 11.3 Å². The van der Waals surface area contributed by atoms with Gasteiger partial charge in [0.15, 0.2) is 0 Å². The summed E-state index contributed by atoms with van der Waals surface area (Å²) in [5, 5.41) is 5.43. The molecule has 30 heavy (non-hydrogen) atoms. The smallest absolute Gasteiger partial charge is 0.114 e. The number of fused-ring (bicyclic) bond motifs is 3. The summed E-state index contributed by atoms with van der Waals surface area (Å²) in [7, 11) is -1.73. The molecule has 0 bridgehead atoms. The van der Waals surface area contributed by atoms with Crippen molar-refractivity contribution in [2.45, 2.75) is 26.6 Å². The number of rotatable bonds is 4. The molecule has 5 aromatic rings. The second-order valence-corrected chi connectivity index (χ2v) is 12.8. The first-order valence-corrected chi connectivity index (χ1v) is 13.6. The molecule has 0 aliphatic carbocycles. The molecule has 0 atom stereocenters. The van der Waals surface area contributed by atoms with Gasteiger partial charge in [0, 0.05) is 40.1 Å². The molecular weight excluding hydrogens is 380 g/mol. The van der Waals surface area contributed by atoms with Crippen molar-refractivity contribution in [2.75, 3.05) is 0 Å². The lowest BCUT2D eigenvalue weighted by molar-refractivity contribution is 0.827. The molecule has 2 heterocycles. The molecule has 0 N–H and O–H groups in total. The lowest BCUT2D eigenvalue weighted by Gasteiger charge is -2.23. The average molecular weight is 407 g/mol. The highest BCUT2D eigenvalue weighted by Gasteiger charge is 2.26. The number of aryl methyl sites for hydroxylation is 1. The largest absolute Gasteiger partial charge is 0.341 e. The number of nitrogens with zero attached hydrogens (tertiary/aromatic N) is 2. The van der Waals surface area contributed by atoms with Gasteiger partial charge in [0.05, 0.1) is 5.69 Å². The number of para-hydroxylation sites is 1. The van der Waals surface area contributed by atoms with Gasteiger partial charge >= 0.3 is 0 Å². The molecule has 2 aromatic heterocycles. The molecular formula is C27H26N2Si. The molecule has 3 heteroatoms. The van der Waals surface area contributed by atoms with E-state index in [2.05, 4.69) is 116 Å². The first kappa shape index (κ1) is 18.8. The zero-order valence-electron chi connectivity index (χ0n) is 17.8. The molecule has 0 saturated carbocycles. The van der Waals surface area contributed by atoms with Gasteiger partial charge in [-0.05, 0) is 30.3 Å². The maximum absolute atomic E-state index is 4.88. The maximum Gasteiger partial charge on any atom is 0.114 e. The molecule has 0 aliphatic heterocycles. The summed E-state index contributed by atoms with van der Waals surface area (Å²) in [6.07, 6.45) is 2.09. The number of pyridine rings is 1. The van der Waals surface area contributed by atoms with Crippen LogP contribution in [0.4, 0.5) is 0 Å². The Hall–Kier alpha value is -3.17. The van der Waals surface area contributed by atoms with E-state index in [0.29, 0.717) is 0 Å². The lowest BCUT2D eigenvalue weighted by atomic mass is 10.1. The fourth-order valence-corrected chi connectivity index (χ4v) is 6.75. The van der Waals surface area contributed by atoms with Crippen LogP contribution in [0.3, 0.4) is 0 Å². The highest BCUT2D eigenvalue weighted by atomic mass is 28.3. The van der Waals surface area contributed by atoms with E-state index in [9.17, 15) is 0 Å². The predicted octanol–water partition coefficient (Wildman–Crippen LogP) is 5.70. The van der Waals surface area contributed by atoms with E-state index in [1.807, 2.05) is 0 Å². The molecule has 0 aliphatic rings. The molecule has 0 spiro atoms. The average Bonchev–Trinajstić information content (AvgIpc) is 3.12. The van der Waals surface area contributed by atoms with Gasteiger partial charge in [0.1, 0.15) is 8.07 Å². The van der Waals surface area contributed by atoms with Crippen LogP contribution in [0.15, 0.2) is 91.1 Å². The summed E-state index contributed by atoms with van der Waals surface area (Å²) in [6.45, 7) is 7.95. The fraction of sp³-hybridized carbons (Fsp3) is 0.148. The van der Waals surface area contributed by atoms with Crippen molar-refractivity contribution in [1.82, 2.24) is 9.55 Å². The first-order chi connectivity index (χ1) is 14.6. The van der Waals surface area contributed by atoms with Crippen LogP contribution in [0.25, 0.3) is 33.1 Å². The highest BCUT2D eigenvalue weighted by molar-refractivity contribution is 7.00. The van der Waals surface area contributed by atoms with Crippen molar-refractivity contribution in [3.05, 3.63) is 91.1 Å². The Bertz CT molecular complexity index is 1330. The summed E-state index contributed by atoms with van der Waals surface area (Å²) < 4.78 is 2.40. The van der Waals surface area contributed by atoms with Crippen molar-refractivity contribution in [3.63, 3.8) is 0 Å². The summed E-state index contributed by atoms with van der Waals surface area (Å²) >= 11 is 0. The van der Waals surface area contributed by atoms with Crippen LogP contribution < -0.4 is 10.4 Å². The molecule has 3 aromatic carbocycles. The van der Waals surface area contributed by atoms with Crippen molar-refractivity contribution < 1.29 is 0 Å². The van der Waals surface area contributed by atoms with E-state index in [-0.39, 0.29) is 0 Å². The highest BCUT2D eigenvalue weighted by Crippen LogP contribution is 2.31. The molecule has 0 unspecified atom stereocenters. The molecule has 0 radical (unpaired) electrons. The second kappa shape index (κ2) is 7.26. The van der Waals surface area contributed by atoms with Gasteiger partial charge in [-0.3, -0.25) is 4.98 Å². The van der Waals surface area contributed by atoms with Crippen molar-refractivity contribution in [2.24, 2.45) is 0 Å². The Morgan fingerprint density at radius 2 is 1.47 bits per heavy atom. The van der Waals surface area contributed by atoms with Crippen molar-refractivity contribution >= 4 is 40.3 Å². The zero-order valence-corrected chi connectivity index (χ0v) is 18.8. The minimum absolute atomic E-state index is 0.955. The van der Waals surface area contributed by atoms with Gasteiger partial charge in [-0.1, -0.05) is 85.0 Å². The molecule has 0 fully saturated rings. The first-order valence-electron chi connectivity index (χ1n) is 10.6. The third-order valence-corrected chi connectivity index (χ3v) is 9.88. The fourth-order valence-electron chi connectivity index (χ4n) is 4.51. The van der Waals surface area contributed by atoms with Gasteiger partial charge < -0.3 is 4.57 Å². The Morgan fingerprint density at radius 3 is 2.20 bits per heavy atom. The quantitative estimate of drug-likeness (QED) is 0.350. The Kier molecular flexibility index (Phi) is 4.56. The molecule has 0 amide bonds. The minimum atomic E-state index is -1.73. The number of aromatic nitrogens is 2. The summed E-state index contributed by atoms with van der Waals surface area (Å²) in [6, 6.07) is 30.7. The maximum atomic E-state index is 4.88. The van der Waals surface area contributed by atoms with E-state index >= 15 is 0 Å². The third-order valence-electron chi connectivity index (χ3n) is 6.37. The van der Waals surface area contributed by atoms with Gasteiger partial charge in [-0.15, -0.1) is 0 Å². The summed E-state index contributed by atoms with van der Waals surface area (Å²) in [5.74, 6) is 0. The van der Waals surface area contributed by atoms with Crippen LogP contribution >= 0.6 is 0 Å². The van der Waals surface area contributed by atoms with E-state index in [1.165, 1.54) is 37.7 Å². The topological polar surface area (TPSA) is 17.8 Å². The van der Waals surface area contributed by atoms with Gasteiger partial charge in [-0.2, -0.15) is 0 Å². The third kappa shape index (κ3) is 2.98. The number of hydrogen-bond acceptors (Lipinski definition) is 1. The number of hydrogen-bond donors (Lipinski definition) is 0. The van der Waals surface area contributed by atoms with Gasteiger partial charge in [-0.25, -0.2) is 0 Å². The van der Waals surface area contributed by atoms with E-state index in [4.69, 9.17) is 4.98 Å². The van der Waals surface area contributed by atoms with E-state index in [0.717, 1.165) is 12.2 Å². The Morgan fingerprint density at radius 1 is 0.733 bits per heavy atom. The molecule has 2 nitrogen and oxygen atoms in total. The van der Waals surface area contributed by atoms with Gasteiger partial charge in [0.25, 0.3) is 0 Å². The monoisotopic (exact) mass is 406 g/mol. The normalized spacial score (nSPS) is 12.0. The van der Waals surface area contributed by atoms with Crippen LogP contribution in [0.2, 0.25) is 13.1 Å². The van der Waals surface area contributed by atoms with Crippen LogP contribution in [0.1, 0.15) is 6.92 Å². The summed E-state index contributed by atoms with van der Waals surface area (Å²) in [5.41, 5.74) is 4.78. The molecule has 148 valence electrons. The van der Waals surface area contributed by atoms with Crippen LogP contribution in [-0.4, -0.2) is 17.6 Å². The zero-order chi connectivity index (χ0) is 20.7. The summed E-state index contributed by atoms with van der Waals surface area (Å²) in [4.78, 5) is 4.88. The predicted molar refractivity (Wildman–Crippen MR) is 132 cm³/mol. The SMILES string of the molecule is CCn1c2ccccc2c2ccc(-c3ccc([Si](C)(C)c4ccccc4)cn3)cc21. The molecule has 5 rings (SSSR count). The minimum Gasteiger partial charge on any atom is -0.341 e. The standard InChI is InChI=1S/C27H26N2Si/c1-4-29-26-13-9-8-12-23(26)24-16-14-20(18-27(24)29)25-17-15-22(19-28-25)30(2,3)21-10-6-5-7-11-21/h5-19H,4H2,1-3H3. The molecule has 0 saturated heterocycles. The number of benzene rings is 3. The van der Waals surface area contributed by atoms with Crippen LogP contribution in [-0.2, 0) is 6.54 Å². The van der Waals surface area contributed by atoms with Crippen molar-refractivity contribution in [1.29, 1.82) is 0 Å². The van der Waals surface area contributed by atoms with E-state index < -0.39 is 8.07 Å².